The van der Waals surface area contributed by atoms with Crippen LogP contribution >= 0.6 is 0 Å². The maximum Gasteiger partial charge on any atom is 0.306 e. The average molecular weight is 911 g/mol. The number of aliphatic hydroxyl groups excluding tert-OH is 2. The van der Waals surface area contributed by atoms with Crippen molar-refractivity contribution in [1.29, 1.82) is 0 Å². The summed E-state index contributed by atoms with van der Waals surface area (Å²) in [6, 6.07) is -0.716. The van der Waals surface area contributed by atoms with Gasteiger partial charge in [0.25, 0.3) is 0 Å². The molecule has 0 bridgehead atoms. The highest BCUT2D eigenvalue weighted by molar-refractivity contribution is 5.77. The van der Waals surface area contributed by atoms with Crippen LogP contribution in [0.2, 0.25) is 0 Å². The van der Waals surface area contributed by atoms with E-state index in [0.717, 1.165) is 83.5 Å². The van der Waals surface area contributed by atoms with Crippen LogP contribution in [0.4, 0.5) is 0 Å². The number of nitrogens with one attached hydrogen (secondary N) is 1. The lowest BCUT2D eigenvalue weighted by molar-refractivity contribution is -0.151. The summed E-state index contributed by atoms with van der Waals surface area (Å²) in [6.45, 7) is 6.35. The Morgan fingerprint density at radius 3 is 1.31 bits per heavy atom. The summed E-state index contributed by atoms with van der Waals surface area (Å²) in [5.41, 5.74) is 0. The summed E-state index contributed by atoms with van der Waals surface area (Å²) < 4.78 is 5.93. The Morgan fingerprint density at radius 2 is 0.831 bits per heavy atom. The van der Waals surface area contributed by atoms with Crippen LogP contribution in [0.5, 0.6) is 0 Å². The molecular formula is C59H107NO5. The zero-order chi connectivity index (χ0) is 47.4. The van der Waals surface area contributed by atoms with Crippen LogP contribution in [0.3, 0.4) is 0 Å². The van der Waals surface area contributed by atoms with Gasteiger partial charge in [-0.3, -0.25) is 9.59 Å². The third-order valence-electron chi connectivity index (χ3n) is 12.6. The second kappa shape index (κ2) is 52.5. The number of amides is 1. The molecule has 6 nitrogen and oxygen atoms in total. The van der Waals surface area contributed by atoms with Crippen LogP contribution in [0.15, 0.2) is 60.8 Å². The number of aliphatic hydroxyl groups is 2. The van der Waals surface area contributed by atoms with Gasteiger partial charge in [0.2, 0.25) is 5.91 Å². The van der Waals surface area contributed by atoms with Crippen molar-refractivity contribution in [2.45, 2.75) is 296 Å². The molecule has 0 heterocycles. The summed E-state index contributed by atoms with van der Waals surface area (Å²) in [5, 5.41) is 23.8. The monoisotopic (exact) mass is 910 g/mol. The van der Waals surface area contributed by atoms with Gasteiger partial charge in [-0.05, 0) is 89.9 Å². The van der Waals surface area contributed by atoms with E-state index in [0.29, 0.717) is 19.3 Å². The van der Waals surface area contributed by atoms with E-state index in [-0.39, 0.29) is 24.9 Å². The first-order chi connectivity index (χ1) is 32.0. The lowest BCUT2D eigenvalue weighted by atomic mass is 10.0. The number of ether oxygens (including phenoxy) is 1. The first-order valence-electron chi connectivity index (χ1n) is 28.0. The lowest BCUT2D eigenvalue weighted by Crippen LogP contribution is -2.46. The van der Waals surface area contributed by atoms with E-state index in [2.05, 4.69) is 86.8 Å². The van der Waals surface area contributed by atoms with Crippen LogP contribution in [0, 0.1) is 0 Å². The quantitative estimate of drug-likeness (QED) is 0.0321. The molecule has 0 aliphatic rings. The highest BCUT2D eigenvalue weighted by Gasteiger charge is 2.24. The smallest absolute Gasteiger partial charge is 0.306 e. The summed E-state index contributed by atoms with van der Waals surface area (Å²) in [5.74, 6) is -0.512. The van der Waals surface area contributed by atoms with Crippen LogP contribution in [0.25, 0.3) is 0 Å². The number of unbranched alkanes of at least 4 members (excludes halogenated alkanes) is 28. The molecule has 0 saturated heterocycles. The maximum atomic E-state index is 13.2. The maximum absolute atomic E-state index is 13.2. The van der Waals surface area contributed by atoms with Gasteiger partial charge in [-0.25, -0.2) is 0 Å². The van der Waals surface area contributed by atoms with Crippen molar-refractivity contribution < 1.29 is 24.5 Å². The van der Waals surface area contributed by atoms with E-state index in [1.54, 1.807) is 0 Å². The van der Waals surface area contributed by atoms with Crippen LogP contribution in [-0.4, -0.2) is 46.9 Å². The second-order valence-electron chi connectivity index (χ2n) is 19.0. The van der Waals surface area contributed by atoms with E-state index >= 15 is 0 Å². The Balaban J connectivity index is 4.52. The van der Waals surface area contributed by atoms with E-state index in [4.69, 9.17) is 4.74 Å². The van der Waals surface area contributed by atoms with E-state index < -0.39 is 18.2 Å². The lowest BCUT2D eigenvalue weighted by Gasteiger charge is -2.24. The molecule has 0 aliphatic heterocycles. The Morgan fingerprint density at radius 1 is 0.462 bits per heavy atom. The van der Waals surface area contributed by atoms with Gasteiger partial charge >= 0.3 is 5.97 Å². The molecule has 3 atom stereocenters. The SMILES string of the molecule is CC/C=C/C/C=C/C/C=C/CCCCC(CC(=O)NC(CO)C(O)CCCCCCCCCCCCCCCCC)OC(=O)CCCCCCCCCCC/C=C\C/C=C\CCCCC. The van der Waals surface area contributed by atoms with Crippen LogP contribution < -0.4 is 5.32 Å². The zero-order valence-corrected chi connectivity index (χ0v) is 43.1. The van der Waals surface area contributed by atoms with Crippen molar-refractivity contribution in [1.82, 2.24) is 5.32 Å². The summed E-state index contributed by atoms with van der Waals surface area (Å²) in [6.07, 6.45) is 65.7. The van der Waals surface area contributed by atoms with Crippen LogP contribution in [0.1, 0.15) is 278 Å². The van der Waals surface area contributed by atoms with E-state index in [9.17, 15) is 19.8 Å². The number of hydrogen-bond acceptors (Lipinski definition) is 5. The largest absolute Gasteiger partial charge is 0.462 e. The van der Waals surface area contributed by atoms with Gasteiger partial charge in [0.15, 0.2) is 0 Å². The highest BCUT2D eigenvalue weighted by atomic mass is 16.5. The standard InChI is InChI=1S/C59H107NO5/c1-4-7-10-13-16-19-22-25-27-28-29-30-32-34-37-40-43-46-49-52-59(64)65-55(50-47-44-41-38-35-24-21-18-15-12-9-6-3)53-58(63)60-56(54-61)57(62)51-48-45-42-39-36-33-31-26-23-20-17-14-11-8-5-2/h9,12,16,18-19,21,25,27,35,38,55-57,61-62H,4-8,10-11,13-15,17,20,22-24,26,28-34,36-37,39-54H2,1-3H3,(H,60,63)/b12-9+,19-16-,21-18+,27-25-,38-35+. The van der Waals surface area contributed by atoms with Gasteiger partial charge in [-0.1, -0.05) is 236 Å². The first-order valence-corrected chi connectivity index (χ1v) is 28.0. The minimum Gasteiger partial charge on any atom is -0.462 e. The van der Waals surface area contributed by atoms with Gasteiger partial charge in [-0.15, -0.1) is 0 Å². The molecule has 0 rings (SSSR count). The molecule has 0 saturated carbocycles. The Kier molecular flexibility index (Phi) is 50.6. The zero-order valence-electron chi connectivity index (χ0n) is 43.1. The van der Waals surface area contributed by atoms with Gasteiger partial charge in [0, 0.05) is 6.42 Å². The molecule has 65 heavy (non-hydrogen) atoms. The molecule has 0 fully saturated rings. The fourth-order valence-corrected chi connectivity index (χ4v) is 8.36. The number of esters is 1. The molecular weight excluding hydrogens is 803 g/mol. The van der Waals surface area contributed by atoms with Crippen molar-refractivity contribution in [3.63, 3.8) is 0 Å². The predicted molar refractivity (Wildman–Crippen MR) is 282 cm³/mol. The molecule has 6 heteroatoms. The molecule has 0 aromatic rings. The topological polar surface area (TPSA) is 95.9 Å². The molecule has 378 valence electrons. The van der Waals surface area contributed by atoms with Gasteiger partial charge in [-0.2, -0.15) is 0 Å². The molecule has 0 spiro atoms. The molecule has 3 N–H and O–H groups in total. The number of rotatable bonds is 50. The average Bonchev–Trinajstić information content (AvgIpc) is 3.30. The molecule has 0 aromatic carbocycles. The van der Waals surface area contributed by atoms with Crippen molar-refractivity contribution >= 4 is 11.9 Å². The molecule has 1 amide bonds. The number of allylic oxidation sites excluding steroid dienone is 10. The Hall–Kier alpha value is -2.44. The van der Waals surface area contributed by atoms with Crippen molar-refractivity contribution in [3.05, 3.63) is 60.8 Å². The summed E-state index contributed by atoms with van der Waals surface area (Å²) in [4.78, 5) is 26.2. The van der Waals surface area contributed by atoms with Crippen LogP contribution in [-0.2, 0) is 14.3 Å². The molecule has 0 aliphatic carbocycles. The number of carbonyl (C=O) groups excluding carboxylic acids is 2. The van der Waals surface area contributed by atoms with E-state index in [1.807, 2.05) is 0 Å². The minimum absolute atomic E-state index is 0.0495. The van der Waals surface area contributed by atoms with E-state index in [1.165, 1.54) is 148 Å². The molecule has 0 aromatic heterocycles. The molecule has 3 unspecified atom stereocenters. The Labute approximate surface area is 403 Å². The second-order valence-corrected chi connectivity index (χ2v) is 19.0. The van der Waals surface area contributed by atoms with Gasteiger partial charge < -0.3 is 20.3 Å². The minimum atomic E-state index is -0.800. The Bertz CT molecular complexity index is 1160. The summed E-state index contributed by atoms with van der Waals surface area (Å²) >= 11 is 0. The summed E-state index contributed by atoms with van der Waals surface area (Å²) in [7, 11) is 0. The fraction of sp³-hybridized carbons (Fsp3) is 0.797. The highest BCUT2D eigenvalue weighted by Crippen LogP contribution is 2.18. The normalized spacial score (nSPS) is 13.6. The number of carbonyl (C=O) groups is 2. The van der Waals surface area contributed by atoms with Crippen molar-refractivity contribution in [2.24, 2.45) is 0 Å². The molecule has 0 radical (unpaired) electrons. The predicted octanol–water partition coefficient (Wildman–Crippen LogP) is 17.2. The van der Waals surface area contributed by atoms with Crippen molar-refractivity contribution in [3.8, 4) is 0 Å². The third-order valence-corrected chi connectivity index (χ3v) is 12.6. The first kappa shape index (κ1) is 62.6. The van der Waals surface area contributed by atoms with Gasteiger partial charge in [0.1, 0.15) is 6.10 Å². The van der Waals surface area contributed by atoms with Crippen molar-refractivity contribution in [2.75, 3.05) is 6.61 Å². The third kappa shape index (κ3) is 47.8. The number of hydrogen-bond donors (Lipinski definition) is 3. The fourth-order valence-electron chi connectivity index (χ4n) is 8.36. The van der Waals surface area contributed by atoms with Gasteiger partial charge in [0.05, 0.1) is 25.2 Å².